The van der Waals surface area contributed by atoms with E-state index in [2.05, 4.69) is 59.3 Å². The second-order valence-corrected chi connectivity index (χ2v) is 4.94. The first-order chi connectivity index (χ1) is 9.24. The second-order valence-electron chi connectivity index (χ2n) is 4.94. The van der Waals surface area contributed by atoms with Gasteiger partial charge in [-0.05, 0) is 45.4 Å². The highest BCUT2D eigenvalue weighted by Gasteiger charge is 2.13. The Kier molecular flexibility index (Phi) is 4.74. The zero-order valence-electron chi connectivity index (χ0n) is 12.1. The lowest BCUT2D eigenvalue weighted by molar-refractivity contribution is 0.489. The minimum absolute atomic E-state index is 0.365. The molecule has 3 nitrogen and oxygen atoms in total. The molecule has 0 fully saturated rings. The number of rotatable bonds is 6. The smallest absolute Gasteiger partial charge is 0.0553 e. The molecule has 102 valence electrons. The van der Waals surface area contributed by atoms with Gasteiger partial charge in [-0.25, -0.2) is 0 Å². The average molecular weight is 257 g/mol. The van der Waals surface area contributed by atoms with E-state index in [4.69, 9.17) is 0 Å². The molecule has 1 heterocycles. The van der Waals surface area contributed by atoms with Gasteiger partial charge < -0.3 is 5.32 Å². The normalized spacial score (nSPS) is 12.6. The number of benzene rings is 1. The van der Waals surface area contributed by atoms with Crippen LogP contribution >= 0.6 is 0 Å². The van der Waals surface area contributed by atoms with Crippen LogP contribution in [0.15, 0.2) is 36.5 Å². The van der Waals surface area contributed by atoms with Gasteiger partial charge in [0.15, 0.2) is 0 Å². The molecule has 0 bridgehead atoms. The first kappa shape index (κ1) is 13.8. The lowest BCUT2D eigenvalue weighted by Crippen LogP contribution is -2.20. The Morgan fingerprint density at radius 1 is 1.21 bits per heavy atom. The fraction of sp³-hybridized carbons (Fsp3) is 0.438. The van der Waals surface area contributed by atoms with Gasteiger partial charge in [-0.1, -0.05) is 29.8 Å². The van der Waals surface area contributed by atoms with E-state index in [0.29, 0.717) is 6.04 Å². The highest BCUT2D eigenvalue weighted by Crippen LogP contribution is 2.19. The lowest BCUT2D eigenvalue weighted by atomic mass is 10.0. The van der Waals surface area contributed by atoms with Gasteiger partial charge in [0.2, 0.25) is 0 Å². The predicted octanol–water partition coefficient (Wildman–Crippen LogP) is 3.10. The van der Waals surface area contributed by atoms with Crippen molar-refractivity contribution in [2.75, 3.05) is 7.05 Å². The maximum absolute atomic E-state index is 4.35. The summed E-state index contributed by atoms with van der Waals surface area (Å²) >= 11 is 0. The molecule has 2 rings (SSSR count). The van der Waals surface area contributed by atoms with Crippen molar-refractivity contribution in [3.05, 3.63) is 53.3 Å². The summed E-state index contributed by atoms with van der Waals surface area (Å²) in [5, 5.41) is 7.75. The molecule has 1 aromatic carbocycles. The fourth-order valence-corrected chi connectivity index (χ4v) is 2.41. The van der Waals surface area contributed by atoms with E-state index in [1.807, 2.05) is 13.2 Å². The van der Waals surface area contributed by atoms with Crippen LogP contribution in [-0.4, -0.2) is 16.8 Å². The van der Waals surface area contributed by atoms with E-state index < -0.39 is 0 Å². The molecule has 1 N–H and O–H groups in total. The Labute approximate surface area is 115 Å². The summed E-state index contributed by atoms with van der Waals surface area (Å²) in [6.07, 6.45) is 4.06. The molecule has 1 aromatic heterocycles. The summed E-state index contributed by atoms with van der Waals surface area (Å²) in [7, 11) is 2.02. The maximum atomic E-state index is 4.35. The van der Waals surface area contributed by atoms with Crippen LogP contribution < -0.4 is 5.32 Å². The molecule has 2 aromatic rings. The Hall–Kier alpha value is -1.61. The minimum Gasteiger partial charge on any atom is -0.312 e. The molecular formula is C16H23N3. The summed E-state index contributed by atoms with van der Waals surface area (Å²) < 4.78 is 2.07. The van der Waals surface area contributed by atoms with Gasteiger partial charge in [0, 0.05) is 18.8 Å². The van der Waals surface area contributed by atoms with Gasteiger partial charge in [0.1, 0.15) is 0 Å². The summed E-state index contributed by atoms with van der Waals surface area (Å²) in [5.41, 5.74) is 3.99. The van der Waals surface area contributed by atoms with E-state index in [1.54, 1.807) is 0 Å². The van der Waals surface area contributed by atoms with E-state index in [9.17, 15) is 0 Å². The van der Waals surface area contributed by atoms with Crippen molar-refractivity contribution in [2.45, 2.75) is 39.3 Å². The van der Waals surface area contributed by atoms with E-state index in [0.717, 1.165) is 19.4 Å². The van der Waals surface area contributed by atoms with Crippen molar-refractivity contribution in [1.29, 1.82) is 0 Å². The largest absolute Gasteiger partial charge is 0.312 e. The summed E-state index contributed by atoms with van der Waals surface area (Å²) in [5.74, 6) is 0. The van der Waals surface area contributed by atoms with Crippen LogP contribution in [0.5, 0.6) is 0 Å². The number of aryl methyl sites for hydroxylation is 3. The lowest BCUT2D eigenvalue weighted by Gasteiger charge is -2.17. The van der Waals surface area contributed by atoms with Gasteiger partial charge in [-0.15, -0.1) is 0 Å². The predicted molar refractivity (Wildman–Crippen MR) is 79.2 cm³/mol. The van der Waals surface area contributed by atoms with Gasteiger partial charge in [0.05, 0.1) is 5.69 Å². The van der Waals surface area contributed by atoms with Gasteiger partial charge in [-0.3, -0.25) is 4.68 Å². The van der Waals surface area contributed by atoms with Crippen LogP contribution in [0.2, 0.25) is 0 Å². The molecule has 0 amide bonds. The van der Waals surface area contributed by atoms with Gasteiger partial charge in [0.25, 0.3) is 0 Å². The van der Waals surface area contributed by atoms with E-state index in [1.165, 1.54) is 16.8 Å². The molecule has 0 aliphatic heterocycles. The highest BCUT2D eigenvalue weighted by molar-refractivity contribution is 5.21. The van der Waals surface area contributed by atoms with Crippen LogP contribution in [0.3, 0.4) is 0 Å². The second kappa shape index (κ2) is 6.53. The number of aromatic nitrogens is 2. The number of nitrogens with zero attached hydrogens (tertiary/aromatic N) is 2. The summed E-state index contributed by atoms with van der Waals surface area (Å²) in [4.78, 5) is 0. The highest BCUT2D eigenvalue weighted by atomic mass is 15.3. The monoisotopic (exact) mass is 257 g/mol. The van der Waals surface area contributed by atoms with Crippen molar-refractivity contribution < 1.29 is 0 Å². The van der Waals surface area contributed by atoms with Gasteiger partial charge in [-0.2, -0.15) is 5.10 Å². The third-order valence-corrected chi connectivity index (χ3v) is 3.60. The molecule has 0 spiro atoms. The Morgan fingerprint density at radius 2 is 1.95 bits per heavy atom. The van der Waals surface area contributed by atoms with Crippen LogP contribution in [0.25, 0.3) is 0 Å². The quantitative estimate of drug-likeness (QED) is 0.861. The SMILES string of the molecule is CCn1nccc1C(CCc1ccc(C)cc1)NC. The first-order valence-electron chi connectivity index (χ1n) is 6.99. The van der Waals surface area contributed by atoms with Crippen molar-refractivity contribution >= 4 is 0 Å². The van der Waals surface area contributed by atoms with Crippen LogP contribution in [0.4, 0.5) is 0 Å². The molecule has 1 unspecified atom stereocenters. The third-order valence-electron chi connectivity index (χ3n) is 3.60. The molecule has 1 atom stereocenters. The van der Waals surface area contributed by atoms with Gasteiger partial charge >= 0.3 is 0 Å². The van der Waals surface area contributed by atoms with E-state index in [-0.39, 0.29) is 0 Å². The maximum Gasteiger partial charge on any atom is 0.0553 e. The number of nitrogens with one attached hydrogen (secondary N) is 1. The van der Waals surface area contributed by atoms with Crippen molar-refractivity contribution in [2.24, 2.45) is 0 Å². The van der Waals surface area contributed by atoms with Crippen molar-refractivity contribution in [3.8, 4) is 0 Å². The molecule has 0 saturated carbocycles. The van der Waals surface area contributed by atoms with Crippen LogP contribution in [0.1, 0.15) is 36.2 Å². The van der Waals surface area contributed by atoms with Crippen LogP contribution in [0, 0.1) is 6.92 Å². The standard InChI is InChI=1S/C16H23N3/c1-4-19-16(11-12-18-19)15(17-3)10-9-14-7-5-13(2)6-8-14/h5-8,11-12,15,17H,4,9-10H2,1-3H3. The number of hydrogen-bond donors (Lipinski definition) is 1. The summed E-state index contributed by atoms with van der Waals surface area (Å²) in [6, 6.07) is 11.3. The zero-order chi connectivity index (χ0) is 13.7. The van der Waals surface area contributed by atoms with E-state index >= 15 is 0 Å². The fourth-order valence-electron chi connectivity index (χ4n) is 2.41. The Bertz CT molecular complexity index is 499. The molecular weight excluding hydrogens is 234 g/mol. The topological polar surface area (TPSA) is 29.9 Å². The number of hydrogen-bond acceptors (Lipinski definition) is 2. The van der Waals surface area contributed by atoms with Crippen LogP contribution in [-0.2, 0) is 13.0 Å². The Balaban J connectivity index is 2.02. The Morgan fingerprint density at radius 3 is 2.58 bits per heavy atom. The van der Waals surface area contributed by atoms with Crippen molar-refractivity contribution in [1.82, 2.24) is 15.1 Å². The summed E-state index contributed by atoms with van der Waals surface area (Å²) in [6.45, 7) is 5.17. The van der Waals surface area contributed by atoms with Crippen molar-refractivity contribution in [3.63, 3.8) is 0 Å². The molecule has 0 radical (unpaired) electrons. The zero-order valence-corrected chi connectivity index (χ0v) is 12.1. The third kappa shape index (κ3) is 3.44. The molecule has 3 heteroatoms. The molecule has 19 heavy (non-hydrogen) atoms. The molecule has 0 saturated heterocycles. The first-order valence-corrected chi connectivity index (χ1v) is 6.99. The molecule has 0 aliphatic carbocycles. The minimum atomic E-state index is 0.365. The molecule has 0 aliphatic rings. The average Bonchev–Trinajstić information content (AvgIpc) is 2.90.